The van der Waals surface area contributed by atoms with Crippen LogP contribution >= 0.6 is 0 Å². The molecule has 1 unspecified atom stereocenters. The minimum absolute atomic E-state index is 0.544. The molecule has 0 aromatic carbocycles. The smallest absolute Gasteiger partial charge is 0.0492 e. The number of aromatic nitrogens is 2. The summed E-state index contributed by atoms with van der Waals surface area (Å²) >= 11 is 0. The zero-order chi connectivity index (χ0) is 9.97. The summed E-state index contributed by atoms with van der Waals surface area (Å²) in [4.78, 5) is 0. The third kappa shape index (κ3) is 1.74. The molecule has 1 aliphatic rings. The minimum Gasteiger partial charge on any atom is -0.272 e. The molecule has 2 heteroatoms. The summed E-state index contributed by atoms with van der Waals surface area (Å²) in [6.45, 7) is 2.29. The van der Waals surface area contributed by atoms with E-state index in [0.717, 1.165) is 0 Å². The molecule has 2 rings (SSSR count). The highest BCUT2D eigenvalue weighted by Gasteiger charge is 2.15. The van der Waals surface area contributed by atoms with Gasteiger partial charge >= 0.3 is 0 Å². The molecule has 1 aliphatic carbocycles. The molecule has 76 valence electrons. The quantitative estimate of drug-likeness (QED) is 0.655. The second kappa shape index (κ2) is 3.99. The molecule has 1 aromatic rings. The molecule has 0 amide bonds. The first-order chi connectivity index (χ1) is 6.79. The zero-order valence-corrected chi connectivity index (χ0v) is 9.03. The average molecular weight is 190 g/mol. The van der Waals surface area contributed by atoms with Gasteiger partial charge < -0.3 is 0 Å². The maximum Gasteiger partial charge on any atom is 0.0492 e. The van der Waals surface area contributed by atoms with Gasteiger partial charge in [-0.05, 0) is 31.7 Å². The average Bonchev–Trinajstić information content (AvgIpc) is 2.65. The van der Waals surface area contributed by atoms with Crippen LogP contribution in [0.4, 0.5) is 0 Å². The second-order valence-electron chi connectivity index (χ2n) is 4.13. The Hall–Kier alpha value is -1.05. The van der Waals surface area contributed by atoms with Gasteiger partial charge in [-0.25, -0.2) is 0 Å². The normalized spacial score (nSPS) is 19.1. The van der Waals surface area contributed by atoms with E-state index in [-0.39, 0.29) is 0 Å². The Labute approximate surface area is 85.6 Å². The second-order valence-corrected chi connectivity index (χ2v) is 4.13. The third-order valence-electron chi connectivity index (χ3n) is 3.18. The highest BCUT2D eigenvalue weighted by molar-refractivity contribution is 5.22. The van der Waals surface area contributed by atoms with Crippen LogP contribution in [0.2, 0.25) is 0 Å². The first-order valence-electron chi connectivity index (χ1n) is 5.46. The van der Waals surface area contributed by atoms with Crippen LogP contribution in [-0.2, 0) is 7.05 Å². The number of nitrogens with zero attached hydrogens (tertiary/aromatic N) is 2. The Morgan fingerprint density at radius 1 is 1.43 bits per heavy atom. The zero-order valence-electron chi connectivity index (χ0n) is 9.03. The fraction of sp³-hybridized carbons (Fsp3) is 0.583. The van der Waals surface area contributed by atoms with Crippen molar-refractivity contribution >= 4 is 0 Å². The van der Waals surface area contributed by atoms with Crippen molar-refractivity contribution in [2.24, 2.45) is 7.05 Å². The SMILES string of the molecule is CC(C1=CCCCC1)c1ccnn1C. The Balaban J connectivity index is 2.19. The number of rotatable bonds is 2. The van der Waals surface area contributed by atoms with Crippen molar-refractivity contribution in [2.75, 3.05) is 0 Å². The first-order valence-corrected chi connectivity index (χ1v) is 5.46. The monoisotopic (exact) mass is 190 g/mol. The van der Waals surface area contributed by atoms with E-state index in [2.05, 4.69) is 24.2 Å². The van der Waals surface area contributed by atoms with E-state index < -0.39 is 0 Å². The molecule has 1 heterocycles. The van der Waals surface area contributed by atoms with Crippen LogP contribution in [0.25, 0.3) is 0 Å². The van der Waals surface area contributed by atoms with Crippen molar-refractivity contribution in [1.29, 1.82) is 0 Å². The predicted molar refractivity (Wildman–Crippen MR) is 58.2 cm³/mol. The molecule has 0 radical (unpaired) electrons. The molecule has 2 nitrogen and oxygen atoms in total. The Bertz CT molecular complexity index is 336. The largest absolute Gasteiger partial charge is 0.272 e. The van der Waals surface area contributed by atoms with Crippen LogP contribution in [0.3, 0.4) is 0 Å². The van der Waals surface area contributed by atoms with Gasteiger partial charge in [0, 0.05) is 24.9 Å². The van der Waals surface area contributed by atoms with Crippen LogP contribution in [0.1, 0.15) is 44.2 Å². The number of hydrogen-bond donors (Lipinski definition) is 0. The van der Waals surface area contributed by atoms with Crippen molar-refractivity contribution in [3.63, 3.8) is 0 Å². The van der Waals surface area contributed by atoms with Gasteiger partial charge in [0.05, 0.1) is 0 Å². The summed E-state index contributed by atoms with van der Waals surface area (Å²) < 4.78 is 1.99. The van der Waals surface area contributed by atoms with Crippen molar-refractivity contribution in [2.45, 2.75) is 38.5 Å². The van der Waals surface area contributed by atoms with Crippen LogP contribution < -0.4 is 0 Å². The summed E-state index contributed by atoms with van der Waals surface area (Å²) in [5, 5.41) is 4.22. The van der Waals surface area contributed by atoms with Gasteiger partial charge in [0.1, 0.15) is 0 Å². The Morgan fingerprint density at radius 3 is 2.86 bits per heavy atom. The van der Waals surface area contributed by atoms with Crippen molar-refractivity contribution in [1.82, 2.24) is 9.78 Å². The van der Waals surface area contributed by atoms with Gasteiger partial charge in [-0.15, -0.1) is 0 Å². The maximum absolute atomic E-state index is 4.22. The van der Waals surface area contributed by atoms with Gasteiger partial charge in [-0.3, -0.25) is 4.68 Å². The van der Waals surface area contributed by atoms with E-state index >= 15 is 0 Å². The van der Waals surface area contributed by atoms with E-state index in [1.165, 1.54) is 31.4 Å². The molecule has 0 N–H and O–H groups in total. The molecule has 0 spiro atoms. The summed E-state index contributed by atoms with van der Waals surface area (Å²) in [5.41, 5.74) is 2.93. The number of hydrogen-bond acceptors (Lipinski definition) is 1. The fourth-order valence-corrected chi connectivity index (χ4v) is 2.26. The summed E-state index contributed by atoms with van der Waals surface area (Å²) in [5.74, 6) is 0.544. The van der Waals surface area contributed by atoms with Gasteiger partial charge in [0.25, 0.3) is 0 Å². The Kier molecular flexibility index (Phi) is 2.71. The summed E-state index contributed by atoms with van der Waals surface area (Å²) in [6, 6.07) is 2.13. The van der Waals surface area contributed by atoms with Gasteiger partial charge in [0.2, 0.25) is 0 Å². The topological polar surface area (TPSA) is 17.8 Å². The number of aryl methyl sites for hydroxylation is 1. The van der Waals surface area contributed by atoms with Crippen molar-refractivity contribution in [3.8, 4) is 0 Å². The molecular formula is C12H18N2. The highest BCUT2D eigenvalue weighted by atomic mass is 15.3. The summed E-state index contributed by atoms with van der Waals surface area (Å²) in [7, 11) is 2.02. The molecule has 0 saturated carbocycles. The lowest BCUT2D eigenvalue weighted by molar-refractivity contribution is 0.621. The highest BCUT2D eigenvalue weighted by Crippen LogP contribution is 2.30. The minimum atomic E-state index is 0.544. The standard InChI is InChI=1S/C12H18N2/c1-10(11-6-4-3-5-7-11)12-8-9-13-14(12)2/h6,8-10H,3-5,7H2,1-2H3. The van der Waals surface area contributed by atoms with Crippen LogP contribution in [0.15, 0.2) is 23.9 Å². The predicted octanol–water partition coefficient (Wildman–Crippen LogP) is 3.02. The lowest BCUT2D eigenvalue weighted by Gasteiger charge is -2.19. The molecular weight excluding hydrogens is 172 g/mol. The maximum atomic E-state index is 4.22. The van der Waals surface area contributed by atoms with Crippen molar-refractivity contribution in [3.05, 3.63) is 29.6 Å². The van der Waals surface area contributed by atoms with Crippen LogP contribution in [0.5, 0.6) is 0 Å². The van der Waals surface area contributed by atoms with E-state index in [0.29, 0.717) is 5.92 Å². The molecule has 0 bridgehead atoms. The molecule has 0 aliphatic heterocycles. The molecule has 1 atom stereocenters. The molecule has 0 saturated heterocycles. The summed E-state index contributed by atoms with van der Waals surface area (Å²) in [6.07, 6.45) is 9.55. The van der Waals surface area contributed by atoms with E-state index in [9.17, 15) is 0 Å². The molecule has 0 fully saturated rings. The van der Waals surface area contributed by atoms with E-state index in [1.54, 1.807) is 5.57 Å². The molecule has 1 aromatic heterocycles. The third-order valence-corrected chi connectivity index (χ3v) is 3.18. The lowest BCUT2D eigenvalue weighted by Crippen LogP contribution is -2.07. The van der Waals surface area contributed by atoms with Gasteiger partial charge in [-0.1, -0.05) is 18.6 Å². The van der Waals surface area contributed by atoms with Crippen LogP contribution in [0, 0.1) is 0 Å². The van der Waals surface area contributed by atoms with Crippen LogP contribution in [-0.4, -0.2) is 9.78 Å². The number of allylic oxidation sites excluding steroid dienone is 2. The van der Waals surface area contributed by atoms with Crippen molar-refractivity contribution < 1.29 is 0 Å². The molecule has 14 heavy (non-hydrogen) atoms. The van der Waals surface area contributed by atoms with E-state index in [1.807, 2.05) is 17.9 Å². The van der Waals surface area contributed by atoms with Gasteiger partial charge in [0.15, 0.2) is 0 Å². The Morgan fingerprint density at radius 2 is 2.29 bits per heavy atom. The van der Waals surface area contributed by atoms with Gasteiger partial charge in [-0.2, -0.15) is 5.10 Å². The lowest BCUT2D eigenvalue weighted by atomic mass is 9.88. The first kappa shape index (κ1) is 9.50. The fourth-order valence-electron chi connectivity index (χ4n) is 2.26. The van der Waals surface area contributed by atoms with E-state index in [4.69, 9.17) is 0 Å².